The minimum Gasteiger partial charge on any atom is -0.370 e. The van der Waals surface area contributed by atoms with Crippen molar-refractivity contribution in [1.29, 1.82) is 0 Å². The van der Waals surface area contributed by atoms with Gasteiger partial charge in [-0.05, 0) is 42.2 Å². The van der Waals surface area contributed by atoms with Gasteiger partial charge >= 0.3 is 0 Å². The van der Waals surface area contributed by atoms with E-state index in [2.05, 4.69) is 48.4 Å². The molecule has 2 aromatic carbocycles. The Morgan fingerprint density at radius 3 is 2.38 bits per heavy atom. The Labute approximate surface area is 143 Å². The number of rotatable bonds is 4. The molecule has 3 nitrogen and oxygen atoms in total. The molecule has 0 bridgehead atoms. The van der Waals surface area contributed by atoms with E-state index in [4.69, 9.17) is 5.73 Å². The first kappa shape index (κ1) is 17.5. The van der Waals surface area contributed by atoms with E-state index in [-0.39, 0.29) is 24.0 Å². The number of hydrogen-bond donors (Lipinski definition) is 2. The molecule has 0 atom stereocenters. The van der Waals surface area contributed by atoms with Crippen LogP contribution < -0.4 is 11.1 Å². The lowest BCUT2D eigenvalue weighted by atomic mass is 10.1. The lowest BCUT2D eigenvalue weighted by molar-refractivity contribution is 1.04. The molecule has 0 aromatic heterocycles. The summed E-state index contributed by atoms with van der Waals surface area (Å²) >= 11 is 0. The maximum Gasteiger partial charge on any atom is 0.193 e. The van der Waals surface area contributed by atoms with E-state index in [1.165, 1.54) is 16.7 Å². The van der Waals surface area contributed by atoms with Gasteiger partial charge in [-0.15, -0.1) is 24.0 Å². The van der Waals surface area contributed by atoms with Crippen LogP contribution in [0, 0.1) is 6.92 Å². The van der Waals surface area contributed by atoms with Gasteiger partial charge in [0.25, 0.3) is 0 Å². The van der Waals surface area contributed by atoms with Crippen LogP contribution >= 0.6 is 24.0 Å². The quantitative estimate of drug-likeness (QED) is 0.465. The van der Waals surface area contributed by atoms with Crippen LogP contribution in [-0.4, -0.2) is 5.96 Å². The molecule has 0 saturated carbocycles. The largest absolute Gasteiger partial charge is 0.370 e. The Bertz CT molecular complexity index is 591. The Kier molecular flexibility index (Phi) is 7.22. The van der Waals surface area contributed by atoms with Crippen molar-refractivity contribution in [3.8, 4) is 0 Å². The summed E-state index contributed by atoms with van der Waals surface area (Å²) in [6, 6.07) is 16.4. The van der Waals surface area contributed by atoms with Crippen LogP contribution in [-0.2, 0) is 13.0 Å². The number of halogens is 1. The molecule has 2 rings (SSSR count). The Hall–Kier alpha value is -1.56. The predicted molar refractivity (Wildman–Crippen MR) is 101 cm³/mol. The normalized spacial score (nSPS) is 10.9. The molecule has 112 valence electrons. The van der Waals surface area contributed by atoms with Gasteiger partial charge in [0.1, 0.15) is 0 Å². The van der Waals surface area contributed by atoms with Crippen molar-refractivity contribution in [3.63, 3.8) is 0 Å². The van der Waals surface area contributed by atoms with E-state index in [1.807, 2.05) is 24.3 Å². The van der Waals surface area contributed by atoms with E-state index < -0.39 is 0 Å². The first-order chi connectivity index (χ1) is 9.69. The number of guanidine groups is 1. The van der Waals surface area contributed by atoms with Crippen LogP contribution in [0.1, 0.15) is 23.6 Å². The van der Waals surface area contributed by atoms with Crippen molar-refractivity contribution < 1.29 is 0 Å². The van der Waals surface area contributed by atoms with Crippen LogP contribution in [0.25, 0.3) is 0 Å². The highest BCUT2D eigenvalue weighted by molar-refractivity contribution is 14.0. The number of benzene rings is 2. The zero-order valence-electron chi connectivity index (χ0n) is 12.5. The topological polar surface area (TPSA) is 50.4 Å². The number of anilines is 1. The molecule has 0 aliphatic rings. The highest BCUT2D eigenvalue weighted by Gasteiger charge is 1.98. The average molecular weight is 395 g/mol. The standard InChI is InChI=1S/C17H21N3.HI/c1-3-14-8-10-16(11-9-14)20-17(18)19-12-15-7-5-4-6-13(15)2;/h4-11H,3,12H2,1-2H3,(H3,18,19,20);1H. The summed E-state index contributed by atoms with van der Waals surface area (Å²) < 4.78 is 0. The van der Waals surface area contributed by atoms with Gasteiger partial charge in [0.05, 0.1) is 6.54 Å². The summed E-state index contributed by atoms with van der Waals surface area (Å²) in [4.78, 5) is 4.38. The van der Waals surface area contributed by atoms with Gasteiger partial charge in [0, 0.05) is 5.69 Å². The second-order valence-electron chi connectivity index (χ2n) is 4.80. The summed E-state index contributed by atoms with van der Waals surface area (Å²) in [5.74, 6) is 0.442. The third-order valence-electron chi connectivity index (χ3n) is 3.32. The monoisotopic (exact) mass is 395 g/mol. The minimum atomic E-state index is 0. The Morgan fingerprint density at radius 1 is 1.10 bits per heavy atom. The fraction of sp³-hybridized carbons (Fsp3) is 0.235. The molecule has 0 radical (unpaired) electrons. The molecular weight excluding hydrogens is 373 g/mol. The average Bonchev–Trinajstić information content (AvgIpc) is 2.47. The van der Waals surface area contributed by atoms with Gasteiger partial charge in [0.2, 0.25) is 0 Å². The molecular formula is C17H22IN3. The van der Waals surface area contributed by atoms with Crippen molar-refractivity contribution in [2.75, 3.05) is 5.32 Å². The van der Waals surface area contributed by atoms with Gasteiger partial charge in [-0.1, -0.05) is 43.3 Å². The lowest BCUT2D eigenvalue weighted by Crippen LogP contribution is -2.22. The van der Waals surface area contributed by atoms with Crippen LogP contribution in [0.3, 0.4) is 0 Å². The van der Waals surface area contributed by atoms with Crippen LogP contribution in [0.4, 0.5) is 5.69 Å². The smallest absolute Gasteiger partial charge is 0.193 e. The van der Waals surface area contributed by atoms with E-state index in [0.29, 0.717) is 12.5 Å². The lowest BCUT2D eigenvalue weighted by Gasteiger charge is -2.07. The van der Waals surface area contributed by atoms with Crippen LogP contribution in [0.2, 0.25) is 0 Å². The Balaban J connectivity index is 0.00000220. The Morgan fingerprint density at radius 2 is 1.76 bits per heavy atom. The maximum absolute atomic E-state index is 5.91. The molecule has 3 N–H and O–H groups in total. The third kappa shape index (κ3) is 5.38. The SMILES string of the molecule is CCc1ccc(NC(N)=NCc2ccccc2C)cc1.I. The molecule has 0 spiro atoms. The molecule has 0 saturated heterocycles. The van der Waals surface area contributed by atoms with Gasteiger partial charge in [-0.3, -0.25) is 0 Å². The summed E-state index contributed by atoms with van der Waals surface area (Å²) in [6.45, 7) is 4.82. The number of nitrogens with zero attached hydrogens (tertiary/aromatic N) is 1. The first-order valence-corrected chi connectivity index (χ1v) is 6.89. The summed E-state index contributed by atoms with van der Waals surface area (Å²) in [6.07, 6.45) is 1.04. The molecule has 21 heavy (non-hydrogen) atoms. The van der Waals surface area contributed by atoms with E-state index in [9.17, 15) is 0 Å². The molecule has 0 unspecified atom stereocenters. The molecule has 0 aliphatic carbocycles. The van der Waals surface area contributed by atoms with Gasteiger partial charge in [-0.2, -0.15) is 0 Å². The predicted octanol–water partition coefficient (Wildman–Crippen LogP) is 4.10. The number of aliphatic imine (C=N–C) groups is 1. The molecule has 4 heteroatoms. The minimum absolute atomic E-state index is 0. The van der Waals surface area contributed by atoms with Crippen molar-refractivity contribution in [3.05, 3.63) is 65.2 Å². The van der Waals surface area contributed by atoms with Gasteiger partial charge in [-0.25, -0.2) is 4.99 Å². The first-order valence-electron chi connectivity index (χ1n) is 6.89. The fourth-order valence-corrected chi connectivity index (χ4v) is 1.97. The number of nitrogens with one attached hydrogen (secondary N) is 1. The van der Waals surface area contributed by atoms with Crippen molar-refractivity contribution in [2.45, 2.75) is 26.8 Å². The molecule has 0 heterocycles. The summed E-state index contributed by atoms with van der Waals surface area (Å²) in [7, 11) is 0. The van der Waals surface area contributed by atoms with Crippen molar-refractivity contribution in [1.82, 2.24) is 0 Å². The second-order valence-corrected chi connectivity index (χ2v) is 4.80. The van der Waals surface area contributed by atoms with E-state index in [0.717, 1.165) is 12.1 Å². The van der Waals surface area contributed by atoms with Gasteiger partial charge in [0.15, 0.2) is 5.96 Å². The van der Waals surface area contributed by atoms with Crippen LogP contribution in [0.5, 0.6) is 0 Å². The summed E-state index contributed by atoms with van der Waals surface area (Å²) in [5.41, 5.74) is 10.6. The highest BCUT2D eigenvalue weighted by Crippen LogP contribution is 2.10. The molecule has 2 aromatic rings. The van der Waals surface area contributed by atoms with Gasteiger partial charge < -0.3 is 11.1 Å². The molecule has 0 fully saturated rings. The zero-order chi connectivity index (χ0) is 14.4. The molecule has 0 amide bonds. The number of hydrogen-bond acceptors (Lipinski definition) is 1. The number of nitrogens with two attached hydrogens (primary N) is 1. The summed E-state index contributed by atoms with van der Waals surface area (Å²) in [5, 5.41) is 3.11. The van der Waals surface area contributed by atoms with E-state index in [1.54, 1.807) is 0 Å². The van der Waals surface area contributed by atoms with Crippen molar-refractivity contribution >= 4 is 35.6 Å². The third-order valence-corrected chi connectivity index (χ3v) is 3.32. The van der Waals surface area contributed by atoms with E-state index >= 15 is 0 Å². The van der Waals surface area contributed by atoms with Crippen LogP contribution in [0.15, 0.2) is 53.5 Å². The highest BCUT2D eigenvalue weighted by atomic mass is 127. The fourth-order valence-electron chi connectivity index (χ4n) is 1.97. The maximum atomic E-state index is 5.91. The number of aryl methyl sites for hydroxylation is 2. The second kappa shape index (κ2) is 8.67. The zero-order valence-corrected chi connectivity index (χ0v) is 14.8. The van der Waals surface area contributed by atoms with Crippen molar-refractivity contribution in [2.24, 2.45) is 10.7 Å². The molecule has 0 aliphatic heterocycles.